The zero-order valence-corrected chi connectivity index (χ0v) is 13.7. The van der Waals surface area contributed by atoms with Gasteiger partial charge in [0.2, 0.25) is 5.91 Å². The highest BCUT2D eigenvalue weighted by Crippen LogP contribution is 2.12. The largest absolute Gasteiger partial charge is 0.354 e. The van der Waals surface area contributed by atoms with E-state index >= 15 is 0 Å². The molecule has 0 bridgehead atoms. The van der Waals surface area contributed by atoms with Crippen LogP contribution < -0.4 is 11.1 Å². The molecule has 0 aliphatic heterocycles. The highest BCUT2D eigenvalue weighted by atomic mass is 16.2. The van der Waals surface area contributed by atoms with Crippen molar-refractivity contribution >= 4 is 5.91 Å². The van der Waals surface area contributed by atoms with Crippen LogP contribution in [-0.2, 0) is 4.79 Å². The molecule has 118 valence electrons. The predicted molar refractivity (Wildman–Crippen MR) is 89.0 cm³/mol. The molecule has 0 saturated carbocycles. The second kappa shape index (κ2) is 9.56. The number of aryl methyl sites for hydroxylation is 1. The summed E-state index contributed by atoms with van der Waals surface area (Å²) < 4.78 is 0. The topological polar surface area (TPSA) is 55.1 Å². The molecule has 1 unspecified atom stereocenters. The van der Waals surface area contributed by atoms with Crippen LogP contribution >= 0.6 is 0 Å². The van der Waals surface area contributed by atoms with Gasteiger partial charge < -0.3 is 11.1 Å². The molecular weight excluding hydrogens is 260 g/mol. The first-order valence-corrected chi connectivity index (χ1v) is 8.10. The van der Waals surface area contributed by atoms with Gasteiger partial charge in [-0.25, -0.2) is 0 Å². The number of hydrogen-bond acceptors (Lipinski definition) is 2. The summed E-state index contributed by atoms with van der Waals surface area (Å²) in [6.45, 7) is 7.26. The van der Waals surface area contributed by atoms with Crippen LogP contribution in [0, 0.1) is 12.8 Å². The molecule has 1 amide bonds. The molecule has 0 fully saturated rings. The van der Waals surface area contributed by atoms with Crippen molar-refractivity contribution < 1.29 is 4.79 Å². The summed E-state index contributed by atoms with van der Waals surface area (Å²) in [5.41, 5.74) is 8.02. The van der Waals surface area contributed by atoms with Crippen molar-refractivity contribution in [1.82, 2.24) is 5.32 Å². The summed E-state index contributed by atoms with van der Waals surface area (Å²) in [6, 6.07) is 7.25. The fraction of sp³-hybridized carbons (Fsp3) is 0.611. The minimum atomic E-state index is -0.563. The van der Waals surface area contributed by atoms with Gasteiger partial charge in [-0.3, -0.25) is 4.79 Å². The maximum absolute atomic E-state index is 12.0. The highest BCUT2D eigenvalue weighted by Gasteiger charge is 2.14. The van der Waals surface area contributed by atoms with E-state index in [1.807, 2.05) is 31.2 Å². The van der Waals surface area contributed by atoms with Gasteiger partial charge >= 0.3 is 0 Å². The van der Waals surface area contributed by atoms with Gasteiger partial charge in [0.15, 0.2) is 0 Å². The molecule has 3 N–H and O–H groups in total. The third-order valence-electron chi connectivity index (χ3n) is 3.73. The number of benzene rings is 1. The lowest BCUT2D eigenvalue weighted by Crippen LogP contribution is -2.34. The summed E-state index contributed by atoms with van der Waals surface area (Å²) in [5, 5.41) is 2.93. The van der Waals surface area contributed by atoms with E-state index in [1.54, 1.807) is 0 Å². The molecule has 0 radical (unpaired) electrons. The quantitative estimate of drug-likeness (QED) is 0.681. The van der Waals surface area contributed by atoms with Crippen LogP contribution in [0.4, 0.5) is 0 Å². The Balaban J connectivity index is 2.17. The standard InChI is InChI=1S/C18H30N2O/c1-14(2)8-6-4-5-7-13-20-18(21)17(19)16-11-9-15(3)10-12-16/h9-12,14,17H,4-8,13,19H2,1-3H3,(H,20,21). The Hall–Kier alpha value is -1.35. The zero-order chi connectivity index (χ0) is 15.7. The number of nitrogens with two attached hydrogens (primary N) is 1. The molecule has 0 spiro atoms. The molecule has 21 heavy (non-hydrogen) atoms. The Morgan fingerprint density at radius 3 is 2.33 bits per heavy atom. The Bertz CT molecular complexity index is 412. The average molecular weight is 290 g/mol. The van der Waals surface area contributed by atoms with Gasteiger partial charge in [-0.2, -0.15) is 0 Å². The number of amides is 1. The number of unbranched alkanes of at least 4 members (excludes halogenated alkanes) is 3. The Morgan fingerprint density at radius 1 is 1.10 bits per heavy atom. The SMILES string of the molecule is Cc1ccc(C(N)C(=O)NCCCCCCC(C)C)cc1. The van der Waals surface area contributed by atoms with Crippen LogP contribution in [-0.4, -0.2) is 12.5 Å². The van der Waals surface area contributed by atoms with E-state index in [-0.39, 0.29) is 5.91 Å². The van der Waals surface area contributed by atoms with E-state index in [0.29, 0.717) is 0 Å². The minimum absolute atomic E-state index is 0.0824. The molecule has 1 atom stereocenters. The van der Waals surface area contributed by atoms with Crippen LogP contribution in [0.25, 0.3) is 0 Å². The first-order chi connectivity index (χ1) is 10.0. The molecular formula is C18H30N2O. The van der Waals surface area contributed by atoms with E-state index in [2.05, 4.69) is 19.2 Å². The molecule has 3 heteroatoms. The first kappa shape index (κ1) is 17.7. The van der Waals surface area contributed by atoms with E-state index in [9.17, 15) is 4.79 Å². The smallest absolute Gasteiger partial charge is 0.241 e. The van der Waals surface area contributed by atoms with E-state index in [4.69, 9.17) is 5.73 Å². The van der Waals surface area contributed by atoms with Gasteiger partial charge in [-0.15, -0.1) is 0 Å². The second-order valence-electron chi connectivity index (χ2n) is 6.28. The van der Waals surface area contributed by atoms with Gasteiger partial charge in [0.25, 0.3) is 0 Å². The van der Waals surface area contributed by atoms with Crippen LogP contribution in [0.2, 0.25) is 0 Å². The summed E-state index contributed by atoms with van der Waals surface area (Å²) in [4.78, 5) is 12.0. The number of nitrogens with one attached hydrogen (secondary N) is 1. The van der Waals surface area contributed by atoms with Crippen LogP contribution in [0.1, 0.15) is 63.1 Å². The molecule has 1 aromatic rings. The minimum Gasteiger partial charge on any atom is -0.354 e. The van der Waals surface area contributed by atoms with E-state index in [1.165, 1.54) is 31.2 Å². The predicted octanol–water partition coefficient (Wildman–Crippen LogP) is 3.72. The molecule has 0 saturated heterocycles. The van der Waals surface area contributed by atoms with E-state index in [0.717, 1.165) is 24.4 Å². The fourth-order valence-electron chi connectivity index (χ4n) is 2.28. The molecule has 1 rings (SSSR count). The monoisotopic (exact) mass is 290 g/mol. The van der Waals surface area contributed by atoms with Gasteiger partial charge in [0.1, 0.15) is 6.04 Å². The van der Waals surface area contributed by atoms with Crippen LogP contribution in [0.3, 0.4) is 0 Å². The Labute approximate surface area is 129 Å². The lowest BCUT2D eigenvalue weighted by molar-refractivity contribution is -0.122. The maximum atomic E-state index is 12.0. The average Bonchev–Trinajstić information content (AvgIpc) is 2.45. The van der Waals surface area contributed by atoms with Crippen molar-refractivity contribution in [2.45, 2.75) is 58.9 Å². The van der Waals surface area contributed by atoms with Crippen molar-refractivity contribution in [1.29, 1.82) is 0 Å². The number of hydrogen-bond donors (Lipinski definition) is 2. The van der Waals surface area contributed by atoms with Crippen molar-refractivity contribution in [3.05, 3.63) is 35.4 Å². The summed E-state index contributed by atoms with van der Waals surface area (Å²) in [6.07, 6.45) is 6.04. The normalized spacial score (nSPS) is 12.4. The van der Waals surface area contributed by atoms with Crippen molar-refractivity contribution in [2.24, 2.45) is 11.7 Å². The maximum Gasteiger partial charge on any atom is 0.241 e. The molecule has 0 aliphatic rings. The van der Waals surface area contributed by atoms with Crippen LogP contribution in [0.5, 0.6) is 0 Å². The Morgan fingerprint density at radius 2 is 1.71 bits per heavy atom. The summed E-state index contributed by atoms with van der Waals surface area (Å²) in [5.74, 6) is 0.707. The lowest BCUT2D eigenvalue weighted by atomic mass is 10.0. The molecule has 0 aromatic heterocycles. The third kappa shape index (κ3) is 7.28. The van der Waals surface area contributed by atoms with Gasteiger partial charge in [0.05, 0.1) is 0 Å². The molecule has 3 nitrogen and oxygen atoms in total. The Kier molecular flexibility index (Phi) is 8.06. The second-order valence-corrected chi connectivity index (χ2v) is 6.28. The van der Waals surface area contributed by atoms with Gasteiger partial charge in [-0.1, -0.05) is 69.4 Å². The number of carbonyl (C=O) groups excluding carboxylic acids is 1. The van der Waals surface area contributed by atoms with Crippen molar-refractivity contribution in [3.8, 4) is 0 Å². The molecule has 0 aliphatic carbocycles. The number of carbonyl (C=O) groups is 1. The third-order valence-corrected chi connectivity index (χ3v) is 3.73. The lowest BCUT2D eigenvalue weighted by Gasteiger charge is -2.13. The summed E-state index contributed by atoms with van der Waals surface area (Å²) in [7, 11) is 0. The molecule has 1 aromatic carbocycles. The fourth-order valence-corrected chi connectivity index (χ4v) is 2.28. The highest BCUT2D eigenvalue weighted by molar-refractivity contribution is 5.82. The molecule has 0 heterocycles. The van der Waals surface area contributed by atoms with E-state index < -0.39 is 6.04 Å². The van der Waals surface area contributed by atoms with Crippen molar-refractivity contribution in [3.63, 3.8) is 0 Å². The first-order valence-electron chi connectivity index (χ1n) is 8.10. The zero-order valence-electron chi connectivity index (χ0n) is 13.7. The number of rotatable bonds is 9. The summed E-state index contributed by atoms with van der Waals surface area (Å²) >= 11 is 0. The van der Waals surface area contributed by atoms with Crippen molar-refractivity contribution in [2.75, 3.05) is 6.54 Å². The van der Waals surface area contributed by atoms with Gasteiger partial charge in [0, 0.05) is 6.54 Å². The van der Waals surface area contributed by atoms with Gasteiger partial charge in [-0.05, 0) is 24.8 Å². The van der Waals surface area contributed by atoms with Crippen LogP contribution in [0.15, 0.2) is 24.3 Å².